The molecule has 80 valence electrons. The van der Waals surface area contributed by atoms with Crippen LogP contribution in [-0.2, 0) is 4.80 Å². The lowest BCUT2D eigenvalue weighted by Crippen LogP contribution is -2.23. The number of hydrogen-bond donors (Lipinski definition) is 0. The number of benzene rings is 2. The number of ether oxygens (including phenoxy) is 1. The van der Waals surface area contributed by atoms with Crippen molar-refractivity contribution in [3.8, 4) is 16.9 Å². The summed E-state index contributed by atoms with van der Waals surface area (Å²) in [6.07, 6.45) is 0. The standard InChI is InChI=1S/C13H10ClOP/c14-13(16)11-7-3-1-5-9(11)10-6-2-4-8-12(10)15-13/h1-8H,16H2. The maximum absolute atomic E-state index is 6.37. The summed E-state index contributed by atoms with van der Waals surface area (Å²) in [7, 11) is 2.56. The number of halogens is 1. The van der Waals surface area contributed by atoms with Gasteiger partial charge < -0.3 is 4.74 Å². The van der Waals surface area contributed by atoms with Gasteiger partial charge in [0, 0.05) is 11.1 Å². The maximum Gasteiger partial charge on any atom is 0.220 e. The topological polar surface area (TPSA) is 9.23 Å². The molecule has 0 fully saturated rings. The highest BCUT2D eigenvalue weighted by atomic mass is 35.5. The van der Waals surface area contributed by atoms with Crippen molar-refractivity contribution in [1.29, 1.82) is 0 Å². The Morgan fingerprint density at radius 1 is 0.938 bits per heavy atom. The average molecular weight is 249 g/mol. The molecule has 0 N–H and O–H groups in total. The summed E-state index contributed by atoms with van der Waals surface area (Å²) in [5.41, 5.74) is 3.21. The van der Waals surface area contributed by atoms with E-state index < -0.39 is 4.80 Å². The molecule has 0 amide bonds. The fraction of sp³-hybridized carbons (Fsp3) is 0.0769. The van der Waals surface area contributed by atoms with Crippen LogP contribution in [0.3, 0.4) is 0 Å². The van der Waals surface area contributed by atoms with Crippen LogP contribution in [0.25, 0.3) is 11.1 Å². The Kier molecular flexibility index (Phi) is 2.20. The smallest absolute Gasteiger partial charge is 0.220 e. The third-order valence-electron chi connectivity index (χ3n) is 2.73. The third-order valence-corrected chi connectivity index (χ3v) is 3.44. The van der Waals surface area contributed by atoms with Crippen LogP contribution in [0.15, 0.2) is 48.5 Å². The van der Waals surface area contributed by atoms with Gasteiger partial charge in [-0.15, -0.1) is 0 Å². The molecule has 0 spiro atoms. The largest absolute Gasteiger partial charge is 0.464 e. The van der Waals surface area contributed by atoms with Gasteiger partial charge in [-0.1, -0.05) is 63.3 Å². The lowest BCUT2D eigenvalue weighted by atomic mass is 9.97. The fourth-order valence-corrected chi connectivity index (χ4v) is 2.64. The van der Waals surface area contributed by atoms with E-state index in [-0.39, 0.29) is 0 Å². The predicted octanol–water partition coefficient (Wildman–Crippen LogP) is 3.97. The minimum Gasteiger partial charge on any atom is -0.464 e. The molecule has 2 aromatic carbocycles. The van der Waals surface area contributed by atoms with E-state index in [2.05, 4.69) is 15.3 Å². The molecule has 0 aliphatic carbocycles. The quantitative estimate of drug-likeness (QED) is 0.506. The molecular weight excluding hydrogens is 239 g/mol. The molecule has 16 heavy (non-hydrogen) atoms. The van der Waals surface area contributed by atoms with Gasteiger partial charge in [0.2, 0.25) is 4.80 Å². The Balaban J connectivity index is 2.33. The van der Waals surface area contributed by atoms with E-state index >= 15 is 0 Å². The van der Waals surface area contributed by atoms with E-state index in [4.69, 9.17) is 16.3 Å². The molecule has 0 saturated carbocycles. The Hall–Kier alpha value is -1.04. The lowest BCUT2D eigenvalue weighted by Gasteiger charge is -2.32. The molecule has 3 rings (SSSR count). The van der Waals surface area contributed by atoms with Gasteiger partial charge in [-0.3, -0.25) is 0 Å². The summed E-state index contributed by atoms with van der Waals surface area (Å²) in [5, 5.41) is 0. The molecule has 1 aliphatic heterocycles. The van der Waals surface area contributed by atoms with Gasteiger partial charge in [0.05, 0.1) is 0 Å². The van der Waals surface area contributed by atoms with Crippen LogP contribution in [0.2, 0.25) is 0 Å². The van der Waals surface area contributed by atoms with Crippen molar-refractivity contribution in [2.75, 3.05) is 0 Å². The van der Waals surface area contributed by atoms with Crippen LogP contribution >= 0.6 is 20.8 Å². The van der Waals surface area contributed by atoms with E-state index in [1.165, 1.54) is 0 Å². The highest BCUT2D eigenvalue weighted by molar-refractivity contribution is 7.21. The number of fused-ring (bicyclic) bond motifs is 3. The normalized spacial score (nSPS) is 21.9. The first-order chi connectivity index (χ1) is 7.68. The highest BCUT2D eigenvalue weighted by Crippen LogP contribution is 2.50. The molecule has 0 saturated heterocycles. The molecule has 0 bridgehead atoms. The molecule has 0 aromatic heterocycles. The monoisotopic (exact) mass is 248 g/mol. The minimum atomic E-state index is -0.856. The summed E-state index contributed by atoms with van der Waals surface area (Å²) in [4.78, 5) is -0.856. The molecule has 1 heterocycles. The van der Waals surface area contributed by atoms with Gasteiger partial charge in [0.15, 0.2) is 0 Å². The predicted molar refractivity (Wildman–Crippen MR) is 69.7 cm³/mol. The number of hydrogen-bond acceptors (Lipinski definition) is 1. The van der Waals surface area contributed by atoms with Crippen LogP contribution in [0, 0.1) is 0 Å². The van der Waals surface area contributed by atoms with Gasteiger partial charge in [0.25, 0.3) is 0 Å². The Morgan fingerprint density at radius 2 is 1.56 bits per heavy atom. The maximum atomic E-state index is 6.37. The second-order valence-corrected chi connectivity index (χ2v) is 5.53. The van der Waals surface area contributed by atoms with Crippen LogP contribution in [0.4, 0.5) is 0 Å². The Morgan fingerprint density at radius 3 is 2.38 bits per heavy atom. The third kappa shape index (κ3) is 1.43. The van der Waals surface area contributed by atoms with Crippen LogP contribution in [-0.4, -0.2) is 0 Å². The summed E-state index contributed by atoms with van der Waals surface area (Å²) in [6, 6.07) is 16.0. The van der Waals surface area contributed by atoms with Gasteiger partial charge in [-0.25, -0.2) is 0 Å². The van der Waals surface area contributed by atoms with Crippen molar-refractivity contribution >= 4 is 20.8 Å². The number of para-hydroxylation sites is 1. The average Bonchev–Trinajstić information content (AvgIpc) is 2.29. The first-order valence-corrected chi connectivity index (χ1v) is 6.00. The summed E-state index contributed by atoms with van der Waals surface area (Å²) >= 11 is 6.37. The van der Waals surface area contributed by atoms with Gasteiger partial charge in [-0.2, -0.15) is 0 Å². The summed E-state index contributed by atoms with van der Waals surface area (Å²) in [5.74, 6) is 0.825. The molecule has 2 aromatic rings. The molecule has 2 atom stereocenters. The van der Waals surface area contributed by atoms with Crippen LogP contribution in [0.1, 0.15) is 5.56 Å². The van der Waals surface area contributed by atoms with Crippen molar-refractivity contribution in [3.05, 3.63) is 54.1 Å². The molecule has 1 aliphatic rings. The fourth-order valence-electron chi connectivity index (χ4n) is 2.01. The van der Waals surface area contributed by atoms with Crippen LogP contribution in [0.5, 0.6) is 5.75 Å². The first kappa shape index (κ1) is 10.1. The first-order valence-electron chi connectivity index (χ1n) is 5.04. The molecule has 0 radical (unpaired) electrons. The van der Waals surface area contributed by atoms with E-state index in [1.807, 2.05) is 42.5 Å². The van der Waals surface area contributed by atoms with Crippen LogP contribution < -0.4 is 4.74 Å². The summed E-state index contributed by atoms with van der Waals surface area (Å²) in [6.45, 7) is 0. The zero-order chi connectivity index (χ0) is 11.2. The van der Waals surface area contributed by atoms with Crippen molar-refractivity contribution < 1.29 is 4.74 Å². The van der Waals surface area contributed by atoms with Crippen molar-refractivity contribution in [3.63, 3.8) is 0 Å². The Labute approximate surface area is 102 Å². The number of alkyl halides is 1. The van der Waals surface area contributed by atoms with Crippen molar-refractivity contribution in [1.82, 2.24) is 0 Å². The Bertz CT molecular complexity index is 551. The minimum absolute atomic E-state index is 0.825. The van der Waals surface area contributed by atoms with Gasteiger partial charge in [-0.05, 0) is 11.6 Å². The zero-order valence-corrected chi connectivity index (χ0v) is 10.4. The molecule has 3 heteroatoms. The van der Waals surface area contributed by atoms with E-state index in [9.17, 15) is 0 Å². The van der Waals surface area contributed by atoms with Crippen molar-refractivity contribution in [2.24, 2.45) is 0 Å². The molecular formula is C13H10ClOP. The van der Waals surface area contributed by atoms with E-state index in [0.29, 0.717) is 0 Å². The highest BCUT2D eigenvalue weighted by Gasteiger charge is 2.34. The molecule has 1 nitrogen and oxygen atoms in total. The van der Waals surface area contributed by atoms with Gasteiger partial charge in [0.1, 0.15) is 5.75 Å². The summed E-state index contributed by atoms with van der Waals surface area (Å²) < 4.78 is 5.77. The second kappa shape index (κ2) is 3.48. The van der Waals surface area contributed by atoms with Gasteiger partial charge >= 0.3 is 0 Å². The second-order valence-electron chi connectivity index (χ2n) is 3.79. The zero-order valence-electron chi connectivity index (χ0n) is 8.48. The molecule has 2 unspecified atom stereocenters. The lowest BCUT2D eigenvalue weighted by molar-refractivity contribution is 0.249. The van der Waals surface area contributed by atoms with Crippen molar-refractivity contribution in [2.45, 2.75) is 4.80 Å². The van der Waals surface area contributed by atoms with E-state index in [1.54, 1.807) is 0 Å². The van der Waals surface area contributed by atoms with E-state index in [0.717, 1.165) is 22.4 Å². The number of rotatable bonds is 0. The SMILES string of the molecule is PC1(Cl)Oc2ccccc2-c2ccccc21.